The molecule has 2 atom stereocenters. The standard InChI is InChI=1S/C49H44O2Si/c1-30-20-22-44(50-30)42-28-38-40(26-34-16-9-18-36(34)46(38)32-12-5-3-6-13-32)48(42)52(24-11-25-52)49-41-27-35-17-10-19-37(35)47(33-14-7-4-8-15-33)39(41)29-43(49)45-23-21-31(2)51-45/h3-8,12-15,20-23,26-29,48-49H,9-11,16-19,24-25H2,1-2H3. The molecule has 0 spiro atoms. The lowest BCUT2D eigenvalue weighted by atomic mass is 9.89. The third-order valence-corrected chi connectivity index (χ3v) is 19.5. The second-order valence-electron chi connectivity index (χ2n) is 16.2. The molecular formula is C49H44O2Si. The van der Waals surface area contributed by atoms with E-state index in [2.05, 4.69) is 123 Å². The zero-order valence-electron chi connectivity index (χ0n) is 30.2. The molecule has 0 bridgehead atoms. The van der Waals surface area contributed by atoms with Crippen LogP contribution in [0.1, 0.15) is 97.9 Å². The molecule has 3 heterocycles. The smallest absolute Gasteiger partial charge is 0.130 e. The molecule has 4 aliphatic carbocycles. The van der Waals surface area contributed by atoms with Crippen molar-refractivity contribution in [2.75, 3.05) is 0 Å². The Balaban J connectivity index is 1.19. The minimum absolute atomic E-state index is 0.346. The van der Waals surface area contributed by atoms with Crippen molar-refractivity contribution in [2.45, 2.75) is 82.0 Å². The highest BCUT2D eigenvalue weighted by Gasteiger charge is 2.59. The molecule has 6 aromatic rings. The zero-order chi connectivity index (χ0) is 34.6. The maximum atomic E-state index is 6.64. The molecule has 5 aliphatic rings. The summed E-state index contributed by atoms with van der Waals surface area (Å²) in [7, 11) is -2.22. The quantitative estimate of drug-likeness (QED) is 0.162. The van der Waals surface area contributed by atoms with Crippen LogP contribution in [0.3, 0.4) is 0 Å². The predicted octanol–water partition coefficient (Wildman–Crippen LogP) is 12.7. The van der Waals surface area contributed by atoms with Gasteiger partial charge in [-0.05, 0) is 156 Å². The van der Waals surface area contributed by atoms with Gasteiger partial charge in [-0.2, -0.15) is 0 Å². The van der Waals surface area contributed by atoms with Gasteiger partial charge in [-0.25, -0.2) is 0 Å². The van der Waals surface area contributed by atoms with Crippen molar-refractivity contribution in [3.05, 3.63) is 165 Å². The molecule has 0 saturated carbocycles. The van der Waals surface area contributed by atoms with Crippen molar-refractivity contribution in [1.29, 1.82) is 0 Å². The molecule has 2 unspecified atom stereocenters. The Morgan fingerprint density at radius 1 is 0.519 bits per heavy atom. The van der Waals surface area contributed by atoms with Crippen molar-refractivity contribution in [3.63, 3.8) is 0 Å². The Bertz CT molecular complexity index is 2300. The lowest BCUT2D eigenvalue weighted by Gasteiger charge is -2.51. The van der Waals surface area contributed by atoms with Gasteiger partial charge in [-0.3, -0.25) is 0 Å². The monoisotopic (exact) mass is 692 g/mol. The first-order valence-corrected chi connectivity index (χ1v) is 22.2. The number of allylic oxidation sites excluding steroid dienone is 2. The van der Waals surface area contributed by atoms with E-state index in [9.17, 15) is 0 Å². The van der Waals surface area contributed by atoms with Crippen LogP contribution < -0.4 is 0 Å². The lowest BCUT2D eigenvalue weighted by Crippen LogP contribution is -2.53. The average molecular weight is 693 g/mol. The Labute approximate surface area is 307 Å². The molecule has 0 amide bonds. The molecule has 4 aromatic carbocycles. The topological polar surface area (TPSA) is 26.3 Å². The van der Waals surface area contributed by atoms with Crippen LogP contribution in [-0.4, -0.2) is 8.07 Å². The summed E-state index contributed by atoms with van der Waals surface area (Å²) in [5, 5.41) is 0. The van der Waals surface area contributed by atoms with Crippen molar-refractivity contribution in [1.82, 2.24) is 0 Å². The third-order valence-electron chi connectivity index (χ3n) is 13.4. The molecule has 0 N–H and O–H groups in total. The molecule has 52 heavy (non-hydrogen) atoms. The van der Waals surface area contributed by atoms with Crippen LogP contribution in [0.2, 0.25) is 12.1 Å². The molecule has 1 aliphatic heterocycles. The maximum Gasteiger partial charge on any atom is 0.130 e. The summed E-state index contributed by atoms with van der Waals surface area (Å²) in [5.41, 5.74) is 21.5. The van der Waals surface area contributed by atoms with E-state index in [0.29, 0.717) is 11.1 Å². The zero-order valence-corrected chi connectivity index (χ0v) is 31.2. The first-order valence-electron chi connectivity index (χ1n) is 19.6. The second-order valence-corrected chi connectivity index (χ2v) is 20.8. The lowest BCUT2D eigenvalue weighted by molar-refractivity contribution is 0.518. The van der Waals surface area contributed by atoms with Gasteiger partial charge in [0.05, 0.1) is 8.07 Å². The van der Waals surface area contributed by atoms with Gasteiger partial charge < -0.3 is 8.83 Å². The molecule has 0 radical (unpaired) electrons. The van der Waals surface area contributed by atoms with E-state index in [1.54, 1.807) is 33.4 Å². The van der Waals surface area contributed by atoms with Crippen LogP contribution in [-0.2, 0) is 25.7 Å². The molecule has 1 fully saturated rings. The second kappa shape index (κ2) is 11.6. The number of aryl methyl sites for hydroxylation is 4. The molecule has 2 aromatic heterocycles. The summed E-state index contributed by atoms with van der Waals surface area (Å²) in [6, 6.07) is 39.3. The van der Waals surface area contributed by atoms with E-state index < -0.39 is 8.07 Å². The number of fused-ring (bicyclic) bond motifs is 4. The summed E-state index contributed by atoms with van der Waals surface area (Å²) in [6.45, 7) is 4.20. The highest BCUT2D eigenvalue weighted by atomic mass is 28.3. The van der Waals surface area contributed by atoms with Gasteiger partial charge in [-0.1, -0.05) is 91.3 Å². The summed E-state index contributed by atoms with van der Waals surface area (Å²) in [6.07, 6.45) is 13.6. The normalized spacial score (nSPS) is 20.6. The fourth-order valence-corrected chi connectivity index (χ4v) is 17.3. The molecule has 2 nitrogen and oxygen atoms in total. The Hall–Kier alpha value is -4.86. The molecular weight excluding hydrogens is 649 g/mol. The van der Waals surface area contributed by atoms with Crippen LogP contribution in [0.15, 0.2) is 106 Å². The number of hydrogen-bond donors (Lipinski definition) is 0. The maximum absolute atomic E-state index is 6.64. The summed E-state index contributed by atoms with van der Waals surface area (Å²) in [5.74, 6) is 4.10. The van der Waals surface area contributed by atoms with Gasteiger partial charge >= 0.3 is 0 Å². The SMILES string of the molecule is Cc1ccc(C2=Cc3c(cc4c(c3-c3ccccc3)CCC4)C2[Si]2(C3C(c4ccc(C)o4)=Cc4c3cc3c(c4-c4ccccc4)CCC3)CCC2)o1. The fraction of sp³-hybridized carbons (Fsp3) is 0.265. The first kappa shape index (κ1) is 30.7. The number of rotatable bonds is 6. The van der Waals surface area contributed by atoms with Crippen molar-refractivity contribution < 1.29 is 8.83 Å². The summed E-state index contributed by atoms with van der Waals surface area (Å²) >= 11 is 0. The van der Waals surface area contributed by atoms with E-state index in [0.717, 1.165) is 35.9 Å². The van der Waals surface area contributed by atoms with Gasteiger partial charge in [0, 0.05) is 22.2 Å². The van der Waals surface area contributed by atoms with Gasteiger partial charge in [-0.15, -0.1) is 0 Å². The summed E-state index contributed by atoms with van der Waals surface area (Å²) < 4.78 is 13.3. The van der Waals surface area contributed by atoms with E-state index >= 15 is 0 Å². The molecule has 256 valence electrons. The van der Waals surface area contributed by atoms with Crippen LogP contribution in [0, 0.1) is 13.8 Å². The average Bonchev–Trinajstić information content (AvgIpc) is 4.00. The molecule has 11 rings (SSSR count). The summed E-state index contributed by atoms with van der Waals surface area (Å²) in [4.78, 5) is 0. The van der Waals surface area contributed by atoms with Gasteiger partial charge in [0.25, 0.3) is 0 Å². The highest BCUT2D eigenvalue weighted by molar-refractivity contribution is 6.88. The Kier molecular flexibility index (Phi) is 6.84. The first-order chi connectivity index (χ1) is 25.6. The van der Waals surface area contributed by atoms with E-state index in [1.165, 1.54) is 88.7 Å². The van der Waals surface area contributed by atoms with Crippen LogP contribution in [0.4, 0.5) is 0 Å². The predicted molar refractivity (Wildman–Crippen MR) is 216 cm³/mol. The number of hydrogen-bond acceptors (Lipinski definition) is 2. The van der Waals surface area contributed by atoms with E-state index in [1.807, 2.05) is 0 Å². The van der Waals surface area contributed by atoms with E-state index in [-0.39, 0.29) is 0 Å². The van der Waals surface area contributed by atoms with Crippen LogP contribution in [0.25, 0.3) is 45.6 Å². The molecule has 3 heteroatoms. The minimum atomic E-state index is -2.22. The van der Waals surface area contributed by atoms with Gasteiger partial charge in [0.15, 0.2) is 0 Å². The van der Waals surface area contributed by atoms with Crippen molar-refractivity contribution >= 4 is 31.4 Å². The Morgan fingerprint density at radius 3 is 1.37 bits per heavy atom. The minimum Gasteiger partial charge on any atom is -0.462 e. The van der Waals surface area contributed by atoms with Crippen molar-refractivity contribution in [2.24, 2.45) is 0 Å². The van der Waals surface area contributed by atoms with Crippen molar-refractivity contribution in [3.8, 4) is 22.3 Å². The largest absolute Gasteiger partial charge is 0.462 e. The van der Waals surface area contributed by atoms with Gasteiger partial charge in [0.2, 0.25) is 0 Å². The van der Waals surface area contributed by atoms with Crippen LogP contribution in [0.5, 0.6) is 0 Å². The highest BCUT2D eigenvalue weighted by Crippen LogP contribution is 2.65. The Morgan fingerprint density at radius 2 is 0.981 bits per heavy atom. The molecule has 1 saturated heterocycles. The van der Waals surface area contributed by atoms with E-state index in [4.69, 9.17) is 8.83 Å². The van der Waals surface area contributed by atoms with Gasteiger partial charge in [0.1, 0.15) is 23.0 Å². The number of furan rings is 2. The number of benzene rings is 4. The van der Waals surface area contributed by atoms with Crippen LogP contribution >= 0.6 is 0 Å². The third kappa shape index (κ3) is 4.41. The fourth-order valence-electron chi connectivity index (χ4n) is 11.2.